The zero-order chi connectivity index (χ0) is 21.7. The first-order valence-electron chi connectivity index (χ1n) is 9.76. The van der Waals surface area contributed by atoms with Gasteiger partial charge in [0.05, 0.1) is 16.7 Å². The average molecular weight is 478 g/mol. The predicted molar refractivity (Wildman–Crippen MR) is 129 cm³/mol. The number of aryl methyl sites for hydroxylation is 1. The Kier molecular flexibility index (Phi) is 4.71. The van der Waals surface area contributed by atoms with Gasteiger partial charge in [0.2, 0.25) is 0 Å². The number of thioether (sulfide) groups is 1. The molecule has 0 bridgehead atoms. The molecule has 0 aliphatic heterocycles. The van der Waals surface area contributed by atoms with Crippen molar-refractivity contribution in [3.8, 4) is 21.9 Å². The van der Waals surface area contributed by atoms with Gasteiger partial charge in [-0.3, -0.25) is 4.79 Å². The summed E-state index contributed by atoms with van der Waals surface area (Å²) in [7, 11) is 0. The molecule has 0 saturated carbocycles. The molecule has 2 N–H and O–H groups in total. The Labute approximate surface area is 193 Å². The predicted octanol–water partition coefficient (Wildman–Crippen LogP) is 5.85. The summed E-state index contributed by atoms with van der Waals surface area (Å²) in [6, 6.07) is 12.1. The van der Waals surface area contributed by atoms with Gasteiger partial charge in [0.15, 0.2) is 0 Å². The third kappa shape index (κ3) is 3.36. The van der Waals surface area contributed by atoms with E-state index in [0.717, 1.165) is 31.7 Å². The molecule has 158 valence electrons. The molecule has 0 aliphatic carbocycles. The quantitative estimate of drug-likeness (QED) is 0.302. The normalized spacial score (nSPS) is 11.7. The molecule has 0 spiro atoms. The van der Waals surface area contributed by atoms with E-state index in [1.165, 1.54) is 28.0 Å². The minimum absolute atomic E-state index is 0.127. The molecule has 6 aromatic rings. The lowest BCUT2D eigenvalue weighted by Crippen LogP contribution is -2.10. The van der Waals surface area contributed by atoms with E-state index in [1.54, 1.807) is 11.3 Å². The Hall–Kier alpha value is -3.21. The summed E-state index contributed by atoms with van der Waals surface area (Å²) in [5, 5.41) is 12.4. The summed E-state index contributed by atoms with van der Waals surface area (Å²) in [6.07, 6.45) is 1.86. The topological polar surface area (TPSA) is 100 Å². The smallest absolute Gasteiger partial charge is 0.277 e. The minimum atomic E-state index is -0.127. The van der Waals surface area contributed by atoms with Gasteiger partial charge in [-0.2, -0.15) is 0 Å². The Morgan fingerprint density at radius 3 is 2.91 bits per heavy atom. The van der Waals surface area contributed by atoms with Crippen LogP contribution >= 0.6 is 34.4 Å². The van der Waals surface area contributed by atoms with Gasteiger partial charge in [-0.25, -0.2) is 4.98 Å². The second-order valence-electron chi connectivity index (χ2n) is 7.16. The van der Waals surface area contributed by atoms with Crippen LogP contribution in [0.2, 0.25) is 0 Å². The van der Waals surface area contributed by atoms with Crippen LogP contribution in [-0.2, 0) is 5.75 Å². The largest absolute Gasteiger partial charge is 0.411 e. The standard InChI is InChI=1S/C22H15N5O2S3/c1-11-6-7-16(32-11)14-9-30-21-18(14)19(28)24-17(25-21)10-31-22-27-26-20(29-22)13-8-23-15-5-3-2-4-12(13)15/h2-9,23H,10H2,1H3,(H,24,25,28). The summed E-state index contributed by atoms with van der Waals surface area (Å²) < 4.78 is 5.84. The summed E-state index contributed by atoms with van der Waals surface area (Å²) in [5.41, 5.74) is 2.69. The van der Waals surface area contributed by atoms with Gasteiger partial charge in [0.1, 0.15) is 10.7 Å². The van der Waals surface area contributed by atoms with E-state index >= 15 is 0 Å². The van der Waals surface area contributed by atoms with E-state index in [2.05, 4.69) is 38.1 Å². The number of nitrogens with one attached hydrogen (secondary N) is 2. The SMILES string of the molecule is Cc1ccc(-c2csc3nc(CSc4nnc(-c5c[nH]c6ccccc56)o4)[nH]c(=O)c23)s1. The number of aromatic nitrogens is 5. The van der Waals surface area contributed by atoms with E-state index in [4.69, 9.17) is 4.42 Å². The van der Waals surface area contributed by atoms with Gasteiger partial charge in [-0.05, 0) is 25.1 Å². The summed E-state index contributed by atoms with van der Waals surface area (Å²) >= 11 is 4.50. The zero-order valence-corrected chi connectivity index (χ0v) is 19.2. The molecule has 6 rings (SSSR count). The van der Waals surface area contributed by atoms with Crippen molar-refractivity contribution in [3.05, 3.63) is 69.0 Å². The number of aromatic amines is 2. The molecule has 5 aromatic heterocycles. The van der Waals surface area contributed by atoms with Gasteiger partial charge in [0.25, 0.3) is 16.7 Å². The van der Waals surface area contributed by atoms with Crippen LogP contribution in [-0.4, -0.2) is 25.1 Å². The maximum absolute atomic E-state index is 12.8. The first-order chi connectivity index (χ1) is 15.7. The van der Waals surface area contributed by atoms with Crippen molar-refractivity contribution in [3.63, 3.8) is 0 Å². The molecule has 0 unspecified atom stereocenters. The molecule has 0 atom stereocenters. The Bertz CT molecular complexity index is 1640. The highest BCUT2D eigenvalue weighted by Crippen LogP contribution is 2.35. The highest BCUT2D eigenvalue weighted by atomic mass is 32.2. The minimum Gasteiger partial charge on any atom is -0.411 e. The third-order valence-electron chi connectivity index (χ3n) is 5.06. The monoisotopic (exact) mass is 477 g/mol. The van der Waals surface area contributed by atoms with E-state index in [1.807, 2.05) is 41.9 Å². The fourth-order valence-corrected chi connectivity index (χ4v) is 6.13. The van der Waals surface area contributed by atoms with Gasteiger partial charge >= 0.3 is 0 Å². The van der Waals surface area contributed by atoms with Gasteiger partial charge in [-0.15, -0.1) is 32.9 Å². The first-order valence-corrected chi connectivity index (χ1v) is 12.4. The molecule has 7 nitrogen and oxygen atoms in total. The number of nitrogens with zero attached hydrogens (tertiary/aromatic N) is 3. The number of fused-ring (bicyclic) bond motifs is 2. The van der Waals surface area contributed by atoms with Crippen molar-refractivity contribution in [2.45, 2.75) is 17.9 Å². The van der Waals surface area contributed by atoms with Crippen molar-refractivity contribution < 1.29 is 4.42 Å². The molecule has 5 heterocycles. The molecule has 0 amide bonds. The van der Waals surface area contributed by atoms with Crippen LogP contribution in [0, 0.1) is 6.92 Å². The van der Waals surface area contributed by atoms with E-state index in [9.17, 15) is 4.79 Å². The highest BCUT2D eigenvalue weighted by Gasteiger charge is 2.16. The molecule has 32 heavy (non-hydrogen) atoms. The zero-order valence-electron chi connectivity index (χ0n) is 16.7. The molecule has 0 radical (unpaired) electrons. The summed E-state index contributed by atoms with van der Waals surface area (Å²) in [5.74, 6) is 1.46. The number of benzene rings is 1. The van der Waals surface area contributed by atoms with Gasteiger partial charge in [-0.1, -0.05) is 30.0 Å². The lowest BCUT2D eigenvalue weighted by molar-refractivity contribution is 0.466. The molecule has 10 heteroatoms. The van der Waals surface area contributed by atoms with Crippen LogP contribution in [0.15, 0.2) is 62.4 Å². The van der Waals surface area contributed by atoms with Gasteiger partial charge in [0, 0.05) is 37.8 Å². The fraction of sp³-hybridized carbons (Fsp3) is 0.0909. The maximum atomic E-state index is 12.8. The van der Waals surface area contributed by atoms with Crippen LogP contribution in [0.1, 0.15) is 10.7 Å². The maximum Gasteiger partial charge on any atom is 0.277 e. The molecule has 1 aromatic carbocycles. The van der Waals surface area contributed by atoms with E-state index < -0.39 is 0 Å². The van der Waals surface area contributed by atoms with Crippen LogP contribution in [0.5, 0.6) is 0 Å². The number of hydrogen-bond acceptors (Lipinski definition) is 8. The number of hydrogen-bond donors (Lipinski definition) is 2. The second-order valence-corrected chi connectivity index (χ2v) is 10.2. The molecular weight excluding hydrogens is 462 g/mol. The van der Waals surface area contributed by atoms with Crippen molar-refractivity contribution in [2.24, 2.45) is 0 Å². The van der Waals surface area contributed by atoms with E-state index in [-0.39, 0.29) is 5.56 Å². The summed E-state index contributed by atoms with van der Waals surface area (Å²) in [6.45, 7) is 2.06. The van der Waals surface area contributed by atoms with Gasteiger partial charge < -0.3 is 14.4 Å². The van der Waals surface area contributed by atoms with Crippen LogP contribution in [0.25, 0.3) is 43.0 Å². The van der Waals surface area contributed by atoms with Crippen LogP contribution < -0.4 is 5.56 Å². The lowest BCUT2D eigenvalue weighted by atomic mass is 10.2. The van der Waals surface area contributed by atoms with Crippen LogP contribution in [0.3, 0.4) is 0 Å². The van der Waals surface area contributed by atoms with Crippen molar-refractivity contribution in [1.82, 2.24) is 25.1 Å². The van der Waals surface area contributed by atoms with Crippen molar-refractivity contribution in [1.29, 1.82) is 0 Å². The van der Waals surface area contributed by atoms with E-state index in [0.29, 0.717) is 28.1 Å². The fourth-order valence-electron chi connectivity index (χ4n) is 3.58. The Morgan fingerprint density at radius 2 is 2.03 bits per heavy atom. The molecule has 0 saturated heterocycles. The number of rotatable bonds is 5. The first kappa shape index (κ1) is 19.5. The average Bonchev–Trinajstić information content (AvgIpc) is 3.57. The van der Waals surface area contributed by atoms with Crippen LogP contribution in [0.4, 0.5) is 0 Å². The number of thiophene rings is 2. The Balaban J connectivity index is 1.25. The highest BCUT2D eigenvalue weighted by molar-refractivity contribution is 7.98. The number of para-hydroxylation sites is 1. The third-order valence-corrected chi connectivity index (χ3v) is 7.79. The number of H-pyrrole nitrogens is 2. The molecule has 0 fully saturated rings. The lowest BCUT2D eigenvalue weighted by Gasteiger charge is -2.00. The van der Waals surface area contributed by atoms with Crippen molar-refractivity contribution >= 4 is 55.6 Å². The molecule has 0 aliphatic rings. The summed E-state index contributed by atoms with van der Waals surface area (Å²) in [4.78, 5) is 26.6. The Morgan fingerprint density at radius 1 is 1.12 bits per heavy atom. The molecular formula is C22H15N5O2S3. The van der Waals surface area contributed by atoms with Crippen molar-refractivity contribution in [2.75, 3.05) is 0 Å². The second kappa shape index (κ2) is 7.73.